The van der Waals surface area contributed by atoms with E-state index in [0.29, 0.717) is 10.6 Å². The van der Waals surface area contributed by atoms with E-state index < -0.39 is 18.5 Å². The molecule has 0 aliphatic heterocycles. The third-order valence-corrected chi connectivity index (χ3v) is 4.65. The Hall–Kier alpha value is -2.01. The van der Waals surface area contributed by atoms with Gasteiger partial charge in [-0.15, -0.1) is 23.1 Å². The summed E-state index contributed by atoms with van der Waals surface area (Å²) in [6.07, 6.45) is 1.87. The van der Waals surface area contributed by atoms with Crippen molar-refractivity contribution in [1.29, 1.82) is 5.26 Å². The summed E-state index contributed by atoms with van der Waals surface area (Å²) in [6, 6.07) is 8.56. The first-order chi connectivity index (χ1) is 11.0. The van der Waals surface area contributed by atoms with Crippen molar-refractivity contribution in [3.63, 3.8) is 0 Å². The highest BCUT2D eigenvalue weighted by molar-refractivity contribution is 7.98. The summed E-state index contributed by atoms with van der Waals surface area (Å²) < 4.78 is 4.97. The Morgan fingerprint density at radius 1 is 1.43 bits per heavy atom. The van der Waals surface area contributed by atoms with Gasteiger partial charge >= 0.3 is 5.97 Å². The van der Waals surface area contributed by atoms with E-state index in [0.717, 1.165) is 4.90 Å². The van der Waals surface area contributed by atoms with Gasteiger partial charge in [0.25, 0.3) is 5.91 Å². The number of carbonyl (C=O) groups excluding carboxylic acids is 2. The average Bonchev–Trinajstić information content (AvgIpc) is 3.00. The molecular weight excluding hydrogens is 356 g/mol. The number of hydrogen-bond acceptors (Lipinski definition) is 6. The van der Waals surface area contributed by atoms with Crippen LogP contribution in [0.2, 0.25) is 5.02 Å². The molecule has 23 heavy (non-hydrogen) atoms. The van der Waals surface area contributed by atoms with Gasteiger partial charge in [-0.2, -0.15) is 5.26 Å². The summed E-state index contributed by atoms with van der Waals surface area (Å²) >= 11 is 8.66. The van der Waals surface area contributed by atoms with Crippen LogP contribution in [0.3, 0.4) is 0 Å². The van der Waals surface area contributed by atoms with E-state index in [9.17, 15) is 9.59 Å². The molecule has 1 heterocycles. The van der Waals surface area contributed by atoms with Crippen LogP contribution in [0.15, 0.2) is 34.5 Å². The highest BCUT2D eigenvalue weighted by Gasteiger charge is 2.15. The lowest BCUT2D eigenvalue weighted by Crippen LogP contribution is -2.21. The smallest absolute Gasteiger partial charge is 0.340 e. The molecule has 0 unspecified atom stereocenters. The molecule has 0 bridgehead atoms. The Balaban J connectivity index is 1.97. The maximum Gasteiger partial charge on any atom is 0.340 e. The van der Waals surface area contributed by atoms with E-state index in [1.165, 1.54) is 23.1 Å². The second-order valence-corrected chi connectivity index (χ2v) is 6.45. The molecule has 0 fully saturated rings. The fourth-order valence-corrected chi connectivity index (χ4v) is 3.04. The molecule has 0 aliphatic rings. The van der Waals surface area contributed by atoms with E-state index in [4.69, 9.17) is 21.6 Å². The zero-order valence-corrected chi connectivity index (χ0v) is 14.3. The first kappa shape index (κ1) is 17.3. The van der Waals surface area contributed by atoms with Gasteiger partial charge in [-0.05, 0) is 35.9 Å². The molecule has 0 aliphatic carbocycles. The summed E-state index contributed by atoms with van der Waals surface area (Å²) in [4.78, 5) is 24.7. The van der Waals surface area contributed by atoms with Gasteiger partial charge in [0.15, 0.2) is 6.61 Å². The highest BCUT2D eigenvalue weighted by atomic mass is 35.5. The Morgan fingerprint density at radius 3 is 2.91 bits per heavy atom. The second-order valence-electron chi connectivity index (χ2n) is 4.25. The lowest BCUT2D eigenvalue weighted by molar-refractivity contribution is -0.119. The number of nitriles is 1. The van der Waals surface area contributed by atoms with Crippen molar-refractivity contribution < 1.29 is 14.3 Å². The first-order valence-electron chi connectivity index (χ1n) is 6.33. The molecule has 0 atom stereocenters. The molecular formula is C15H11ClN2O3S2. The number of benzene rings is 1. The van der Waals surface area contributed by atoms with Gasteiger partial charge < -0.3 is 10.1 Å². The first-order valence-corrected chi connectivity index (χ1v) is 8.81. The number of rotatable bonds is 5. The summed E-state index contributed by atoms with van der Waals surface area (Å²) in [7, 11) is 0. The van der Waals surface area contributed by atoms with Crippen LogP contribution >= 0.6 is 34.7 Å². The van der Waals surface area contributed by atoms with Crippen molar-refractivity contribution in [3.05, 3.63) is 45.8 Å². The zero-order valence-electron chi connectivity index (χ0n) is 12.0. The molecule has 8 heteroatoms. The third kappa shape index (κ3) is 4.48. The quantitative estimate of drug-likeness (QED) is 0.643. The number of esters is 1. The fourth-order valence-electron chi connectivity index (χ4n) is 1.65. The number of anilines is 1. The SMILES string of the molecule is CSc1ccc(Cl)c(C(=O)OCC(=O)Nc2sccc2C#N)c1. The molecule has 0 saturated carbocycles. The topological polar surface area (TPSA) is 79.2 Å². The van der Waals surface area contributed by atoms with E-state index in [1.807, 2.05) is 12.3 Å². The molecule has 1 aromatic heterocycles. The number of amides is 1. The van der Waals surface area contributed by atoms with E-state index in [-0.39, 0.29) is 10.6 Å². The Bertz CT molecular complexity index is 783. The molecule has 5 nitrogen and oxygen atoms in total. The van der Waals surface area contributed by atoms with Crippen molar-refractivity contribution in [3.8, 4) is 6.07 Å². The van der Waals surface area contributed by atoms with Gasteiger partial charge in [0.05, 0.1) is 16.1 Å². The Morgan fingerprint density at radius 2 is 2.22 bits per heavy atom. The minimum atomic E-state index is -0.673. The maximum atomic E-state index is 12.0. The van der Waals surface area contributed by atoms with Crippen molar-refractivity contribution in [2.75, 3.05) is 18.2 Å². The number of thioether (sulfide) groups is 1. The third-order valence-electron chi connectivity index (χ3n) is 2.77. The number of carbonyl (C=O) groups is 2. The Labute approximate surface area is 146 Å². The largest absolute Gasteiger partial charge is 0.452 e. The van der Waals surface area contributed by atoms with Gasteiger partial charge in [-0.1, -0.05) is 11.6 Å². The van der Waals surface area contributed by atoms with E-state index in [2.05, 4.69) is 5.32 Å². The lowest BCUT2D eigenvalue weighted by Gasteiger charge is -2.08. The number of nitrogens with zero attached hydrogens (tertiary/aromatic N) is 1. The van der Waals surface area contributed by atoms with E-state index >= 15 is 0 Å². The number of thiophene rings is 1. The molecule has 2 rings (SSSR count). The van der Waals surface area contributed by atoms with Crippen LogP contribution in [0.4, 0.5) is 5.00 Å². The highest BCUT2D eigenvalue weighted by Crippen LogP contribution is 2.24. The van der Waals surface area contributed by atoms with Crippen LogP contribution in [0, 0.1) is 11.3 Å². The van der Waals surface area contributed by atoms with E-state index in [1.54, 1.807) is 29.6 Å². The van der Waals surface area contributed by atoms with Crippen LogP contribution in [-0.4, -0.2) is 24.7 Å². The van der Waals surface area contributed by atoms with Crippen molar-refractivity contribution in [2.45, 2.75) is 4.90 Å². The number of nitrogens with one attached hydrogen (secondary N) is 1. The average molecular weight is 367 g/mol. The van der Waals surface area contributed by atoms with Gasteiger partial charge in [-0.25, -0.2) is 4.79 Å². The molecule has 0 radical (unpaired) electrons. The Kier molecular flexibility index (Phi) is 6.04. The van der Waals surface area contributed by atoms with Crippen LogP contribution in [0.25, 0.3) is 0 Å². The molecule has 1 amide bonds. The van der Waals surface area contributed by atoms with Crippen LogP contribution in [-0.2, 0) is 9.53 Å². The predicted octanol–water partition coefficient (Wildman–Crippen LogP) is 3.79. The summed E-state index contributed by atoms with van der Waals surface area (Å²) in [5.41, 5.74) is 0.575. The maximum absolute atomic E-state index is 12.0. The molecule has 1 aromatic carbocycles. The summed E-state index contributed by atoms with van der Waals surface area (Å²) in [5.74, 6) is -1.19. The van der Waals surface area contributed by atoms with Gasteiger partial charge in [0.2, 0.25) is 0 Å². The van der Waals surface area contributed by atoms with Crippen molar-refractivity contribution in [2.24, 2.45) is 0 Å². The van der Waals surface area contributed by atoms with Crippen LogP contribution in [0.5, 0.6) is 0 Å². The van der Waals surface area contributed by atoms with Gasteiger partial charge in [0.1, 0.15) is 11.1 Å². The number of hydrogen-bond donors (Lipinski definition) is 1. The molecule has 2 aromatic rings. The van der Waals surface area contributed by atoms with Crippen LogP contribution < -0.4 is 5.32 Å². The fraction of sp³-hybridized carbons (Fsp3) is 0.133. The normalized spacial score (nSPS) is 9.96. The predicted molar refractivity (Wildman–Crippen MR) is 91.2 cm³/mol. The monoisotopic (exact) mass is 366 g/mol. The standard InChI is InChI=1S/C15H11ClN2O3S2/c1-22-10-2-3-12(16)11(6-10)15(20)21-8-13(19)18-14-9(7-17)4-5-23-14/h2-6H,8H2,1H3,(H,18,19). The van der Waals surface area contributed by atoms with Crippen molar-refractivity contribution >= 4 is 51.6 Å². The summed E-state index contributed by atoms with van der Waals surface area (Å²) in [5, 5.41) is 13.8. The second kappa shape index (κ2) is 8.02. The minimum absolute atomic E-state index is 0.208. The van der Waals surface area contributed by atoms with Crippen LogP contribution in [0.1, 0.15) is 15.9 Å². The minimum Gasteiger partial charge on any atom is -0.452 e. The van der Waals surface area contributed by atoms with Gasteiger partial charge in [-0.3, -0.25) is 4.79 Å². The van der Waals surface area contributed by atoms with Crippen molar-refractivity contribution in [1.82, 2.24) is 0 Å². The number of halogens is 1. The molecule has 118 valence electrons. The zero-order chi connectivity index (χ0) is 16.8. The summed E-state index contributed by atoms with van der Waals surface area (Å²) in [6.45, 7) is -0.457. The number of ether oxygens (including phenoxy) is 1. The molecule has 1 N–H and O–H groups in total. The molecule has 0 saturated heterocycles. The lowest BCUT2D eigenvalue weighted by atomic mass is 10.2. The molecule has 0 spiro atoms. The van der Waals surface area contributed by atoms with Gasteiger partial charge in [0, 0.05) is 4.90 Å².